The monoisotopic (exact) mass is 286 g/mol. The third-order valence-electron chi connectivity index (χ3n) is 5.70. The summed E-state index contributed by atoms with van der Waals surface area (Å²) in [4.78, 5) is 0. The van der Waals surface area contributed by atoms with Crippen LogP contribution in [0.2, 0.25) is 0 Å². The molecule has 5 unspecified atom stereocenters. The van der Waals surface area contributed by atoms with Gasteiger partial charge >= 0.3 is 0 Å². The maximum Gasteiger partial charge on any atom is 0.0344 e. The second-order valence-corrected chi connectivity index (χ2v) is 7.62. The van der Waals surface area contributed by atoms with Gasteiger partial charge in [0.25, 0.3) is 0 Å². The normalized spacial score (nSPS) is 36.0. The molecule has 2 aliphatic rings. The second kappa shape index (κ2) is 6.10. The fourth-order valence-corrected chi connectivity index (χ4v) is 4.48. The lowest BCUT2D eigenvalue weighted by Gasteiger charge is -2.39. The van der Waals surface area contributed by atoms with Crippen molar-refractivity contribution < 1.29 is 0 Å². The molecule has 0 aliphatic heterocycles. The Morgan fingerprint density at radius 3 is 2.52 bits per heavy atom. The van der Waals surface area contributed by atoms with Crippen molar-refractivity contribution in [1.29, 1.82) is 0 Å². The van der Waals surface area contributed by atoms with E-state index in [9.17, 15) is 0 Å². The minimum absolute atomic E-state index is 0.206. The smallest absolute Gasteiger partial charge is 0.0344 e. The number of rotatable bonds is 3. The van der Waals surface area contributed by atoms with E-state index in [-0.39, 0.29) is 6.04 Å². The van der Waals surface area contributed by atoms with Crippen LogP contribution in [0.15, 0.2) is 24.3 Å². The number of nitrogens with two attached hydrogens (primary N) is 1. The quantitative estimate of drug-likeness (QED) is 0.874. The number of benzene rings is 1. The van der Waals surface area contributed by atoms with E-state index < -0.39 is 0 Å². The van der Waals surface area contributed by atoms with Crippen LogP contribution in [0.25, 0.3) is 0 Å². The van der Waals surface area contributed by atoms with Crippen molar-refractivity contribution in [2.75, 3.05) is 0 Å². The van der Waals surface area contributed by atoms with Crippen LogP contribution in [0.3, 0.4) is 0 Å². The SMILES string of the molecule is CC1CCC(C(C)C)C(NC2CC(N)c3ccccc32)C1. The fourth-order valence-electron chi connectivity index (χ4n) is 4.48. The molecule has 2 aliphatic carbocycles. The molecule has 0 bridgehead atoms. The van der Waals surface area contributed by atoms with Crippen molar-refractivity contribution in [3.63, 3.8) is 0 Å². The molecule has 0 radical (unpaired) electrons. The van der Waals surface area contributed by atoms with Crippen LogP contribution < -0.4 is 11.1 Å². The molecule has 116 valence electrons. The Hall–Kier alpha value is -0.860. The molecule has 3 rings (SSSR count). The predicted molar refractivity (Wildman–Crippen MR) is 89.0 cm³/mol. The lowest BCUT2D eigenvalue weighted by Crippen LogP contribution is -2.44. The summed E-state index contributed by atoms with van der Waals surface area (Å²) in [6.45, 7) is 7.16. The Bertz CT molecular complexity index is 482. The molecule has 1 saturated carbocycles. The first-order valence-corrected chi connectivity index (χ1v) is 8.66. The lowest BCUT2D eigenvalue weighted by molar-refractivity contribution is 0.158. The molecule has 1 fully saturated rings. The van der Waals surface area contributed by atoms with Crippen molar-refractivity contribution in [2.24, 2.45) is 23.5 Å². The van der Waals surface area contributed by atoms with Gasteiger partial charge in [0.2, 0.25) is 0 Å². The van der Waals surface area contributed by atoms with Crippen molar-refractivity contribution >= 4 is 0 Å². The molecule has 2 nitrogen and oxygen atoms in total. The maximum absolute atomic E-state index is 6.32. The largest absolute Gasteiger partial charge is 0.324 e. The predicted octanol–water partition coefficient (Wildman–Crippen LogP) is 4.18. The van der Waals surface area contributed by atoms with Gasteiger partial charge < -0.3 is 11.1 Å². The maximum atomic E-state index is 6.32. The van der Waals surface area contributed by atoms with Gasteiger partial charge in [0.15, 0.2) is 0 Å². The molecular weight excluding hydrogens is 256 g/mol. The molecule has 5 atom stereocenters. The summed E-state index contributed by atoms with van der Waals surface area (Å²) in [5, 5.41) is 3.99. The van der Waals surface area contributed by atoms with Crippen LogP contribution in [0.5, 0.6) is 0 Å². The van der Waals surface area contributed by atoms with Gasteiger partial charge in [-0.05, 0) is 48.1 Å². The average Bonchev–Trinajstić information content (AvgIpc) is 2.76. The summed E-state index contributed by atoms with van der Waals surface area (Å²) in [5.41, 5.74) is 9.11. The van der Waals surface area contributed by atoms with Crippen LogP contribution in [0.1, 0.15) is 69.7 Å². The zero-order chi connectivity index (χ0) is 15.0. The van der Waals surface area contributed by atoms with Gasteiger partial charge in [-0.2, -0.15) is 0 Å². The first-order chi connectivity index (χ1) is 10.1. The molecule has 0 heterocycles. The van der Waals surface area contributed by atoms with E-state index in [2.05, 4.69) is 50.4 Å². The number of hydrogen-bond acceptors (Lipinski definition) is 2. The Kier molecular flexibility index (Phi) is 4.37. The highest BCUT2D eigenvalue weighted by atomic mass is 15.0. The average molecular weight is 286 g/mol. The fraction of sp³-hybridized carbons (Fsp3) is 0.684. The topological polar surface area (TPSA) is 38.0 Å². The van der Waals surface area contributed by atoms with E-state index in [1.54, 1.807) is 0 Å². The van der Waals surface area contributed by atoms with Crippen molar-refractivity contribution in [3.8, 4) is 0 Å². The highest BCUT2D eigenvalue weighted by Gasteiger charge is 2.35. The lowest BCUT2D eigenvalue weighted by atomic mass is 9.73. The van der Waals surface area contributed by atoms with E-state index in [4.69, 9.17) is 5.73 Å². The Morgan fingerprint density at radius 1 is 1.10 bits per heavy atom. The van der Waals surface area contributed by atoms with Crippen LogP contribution in [-0.2, 0) is 0 Å². The molecule has 0 saturated heterocycles. The zero-order valence-electron chi connectivity index (χ0n) is 13.7. The van der Waals surface area contributed by atoms with Crippen LogP contribution >= 0.6 is 0 Å². The molecule has 1 aromatic rings. The molecule has 2 heteroatoms. The molecule has 21 heavy (non-hydrogen) atoms. The van der Waals surface area contributed by atoms with Gasteiger partial charge in [-0.3, -0.25) is 0 Å². The molecule has 0 spiro atoms. The van der Waals surface area contributed by atoms with Gasteiger partial charge in [0, 0.05) is 18.1 Å². The Balaban J connectivity index is 1.76. The van der Waals surface area contributed by atoms with Gasteiger partial charge in [0.1, 0.15) is 0 Å². The van der Waals surface area contributed by atoms with Gasteiger partial charge in [0.05, 0.1) is 0 Å². The van der Waals surface area contributed by atoms with Crippen molar-refractivity contribution in [1.82, 2.24) is 5.32 Å². The first kappa shape index (κ1) is 15.1. The van der Waals surface area contributed by atoms with E-state index in [1.807, 2.05) is 0 Å². The third-order valence-corrected chi connectivity index (χ3v) is 5.70. The highest BCUT2D eigenvalue weighted by molar-refractivity contribution is 5.37. The minimum atomic E-state index is 0.206. The summed E-state index contributed by atoms with van der Waals surface area (Å²) in [6.07, 6.45) is 5.13. The molecule has 0 amide bonds. The van der Waals surface area contributed by atoms with Crippen molar-refractivity contribution in [3.05, 3.63) is 35.4 Å². The summed E-state index contributed by atoms with van der Waals surface area (Å²) in [7, 11) is 0. The summed E-state index contributed by atoms with van der Waals surface area (Å²) < 4.78 is 0. The van der Waals surface area contributed by atoms with Crippen LogP contribution in [0, 0.1) is 17.8 Å². The molecular formula is C19H30N2. The van der Waals surface area contributed by atoms with E-state index in [0.717, 1.165) is 24.2 Å². The van der Waals surface area contributed by atoms with E-state index in [1.165, 1.54) is 30.4 Å². The van der Waals surface area contributed by atoms with Crippen molar-refractivity contribution in [2.45, 2.75) is 64.6 Å². The highest BCUT2D eigenvalue weighted by Crippen LogP contribution is 2.40. The molecule has 0 aromatic heterocycles. The van der Waals surface area contributed by atoms with E-state index >= 15 is 0 Å². The van der Waals surface area contributed by atoms with Crippen LogP contribution in [0.4, 0.5) is 0 Å². The standard InChI is InChI=1S/C19H30N2/c1-12(2)14-9-8-13(3)10-18(14)21-19-11-17(20)15-6-4-5-7-16(15)19/h4-7,12-14,17-19,21H,8-11,20H2,1-3H3. The second-order valence-electron chi connectivity index (χ2n) is 7.62. The number of hydrogen-bond donors (Lipinski definition) is 2. The van der Waals surface area contributed by atoms with Gasteiger partial charge in [-0.1, -0.05) is 51.5 Å². The minimum Gasteiger partial charge on any atom is -0.324 e. The van der Waals surface area contributed by atoms with Gasteiger partial charge in [-0.25, -0.2) is 0 Å². The summed E-state index contributed by atoms with van der Waals surface area (Å²) in [5.74, 6) is 2.42. The first-order valence-electron chi connectivity index (χ1n) is 8.66. The van der Waals surface area contributed by atoms with E-state index in [0.29, 0.717) is 12.1 Å². The Morgan fingerprint density at radius 2 is 1.81 bits per heavy atom. The molecule has 1 aromatic carbocycles. The Labute approximate surface area is 129 Å². The third kappa shape index (κ3) is 3.02. The number of nitrogens with one attached hydrogen (secondary N) is 1. The summed E-state index contributed by atoms with van der Waals surface area (Å²) in [6, 6.07) is 10.0. The molecule has 3 N–H and O–H groups in total. The van der Waals surface area contributed by atoms with Crippen LogP contribution in [-0.4, -0.2) is 6.04 Å². The summed E-state index contributed by atoms with van der Waals surface area (Å²) >= 11 is 0. The zero-order valence-corrected chi connectivity index (χ0v) is 13.7. The van der Waals surface area contributed by atoms with Gasteiger partial charge in [-0.15, -0.1) is 0 Å². The number of fused-ring (bicyclic) bond motifs is 1.